The fourth-order valence-corrected chi connectivity index (χ4v) is 5.32. The van der Waals surface area contributed by atoms with E-state index in [1.54, 1.807) is 18.2 Å². The molecule has 1 aromatic heterocycles. The van der Waals surface area contributed by atoms with Crippen LogP contribution in [0.1, 0.15) is 10.4 Å². The number of carbonyl (C=O) groups excluding carboxylic acids is 1. The van der Waals surface area contributed by atoms with E-state index >= 15 is 0 Å². The van der Waals surface area contributed by atoms with E-state index in [0.717, 1.165) is 16.4 Å². The Bertz CT molecular complexity index is 1440. The zero-order valence-corrected chi connectivity index (χ0v) is 18.4. The number of morpholine rings is 1. The number of rotatable bonds is 4. The number of carbonyl (C=O) groups is 1. The highest BCUT2D eigenvalue weighted by atomic mass is 35.5. The number of benzene rings is 3. The second kappa shape index (κ2) is 8.22. The van der Waals surface area contributed by atoms with Gasteiger partial charge in [0, 0.05) is 23.9 Å². The maximum absolute atomic E-state index is 12.9. The van der Waals surface area contributed by atoms with Crippen molar-refractivity contribution in [1.82, 2.24) is 4.31 Å². The van der Waals surface area contributed by atoms with Gasteiger partial charge in [-0.25, -0.2) is 13.2 Å². The Labute approximate surface area is 189 Å². The second-order valence-electron chi connectivity index (χ2n) is 7.30. The molecule has 0 atom stereocenters. The molecule has 2 heterocycles. The molecule has 7 nitrogen and oxygen atoms in total. The Morgan fingerprint density at radius 1 is 0.938 bits per heavy atom. The lowest BCUT2D eigenvalue weighted by Gasteiger charge is -2.26. The molecule has 1 saturated heterocycles. The van der Waals surface area contributed by atoms with Crippen molar-refractivity contribution >= 4 is 49.5 Å². The van der Waals surface area contributed by atoms with Gasteiger partial charge in [-0.05, 0) is 42.5 Å². The number of halogens is 1. The molecule has 32 heavy (non-hydrogen) atoms. The van der Waals surface area contributed by atoms with E-state index in [2.05, 4.69) is 0 Å². The summed E-state index contributed by atoms with van der Waals surface area (Å²) in [7, 11) is -3.78. The van der Waals surface area contributed by atoms with E-state index in [1.807, 2.05) is 24.3 Å². The van der Waals surface area contributed by atoms with Crippen LogP contribution in [0.2, 0.25) is 5.02 Å². The lowest BCUT2D eigenvalue weighted by Crippen LogP contribution is -2.40. The van der Waals surface area contributed by atoms with E-state index in [1.165, 1.54) is 22.5 Å². The van der Waals surface area contributed by atoms with Crippen LogP contribution in [-0.2, 0) is 14.8 Å². The minimum Gasteiger partial charge on any atom is -0.456 e. The number of hydrogen-bond donors (Lipinski definition) is 0. The van der Waals surface area contributed by atoms with E-state index in [-0.39, 0.29) is 28.6 Å². The fraction of sp³-hybridized carbons (Fsp3) is 0.174. The molecule has 164 valence electrons. The van der Waals surface area contributed by atoms with Gasteiger partial charge in [-0.3, -0.25) is 0 Å². The molecule has 0 aliphatic carbocycles. The predicted molar refractivity (Wildman–Crippen MR) is 120 cm³/mol. The van der Waals surface area contributed by atoms with Crippen molar-refractivity contribution in [2.45, 2.75) is 4.90 Å². The normalized spacial score (nSPS) is 15.3. The standard InChI is InChI=1S/C23H18ClNO6S/c24-20-7-6-16(32(27,28)25-9-11-29-12-10-25)14-19(20)23(26)30-15-5-8-22-18(13-15)17-3-1-2-4-21(17)31-22/h1-8,13-14H,9-12H2. The van der Waals surface area contributed by atoms with Gasteiger partial charge in [0.05, 0.1) is 28.7 Å². The molecular formula is C23H18ClNO6S. The number of ether oxygens (including phenoxy) is 2. The van der Waals surface area contributed by atoms with Crippen molar-refractivity contribution in [3.8, 4) is 5.75 Å². The van der Waals surface area contributed by atoms with Crippen LogP contribution in [0.4, 0.5) is 0 Å². The monoisotopic (exact) mass is 471 g/mol. The molecule has 0 spiro atoms. The maximum atomic E-state index is 12.9. The Morgan fingerprint density at radius 2 is 1.69 bits per heavy atom. The van der Waals surface area contributed by atoms with Crippen LogP contribution in [0.25, 0.3) is 21.9 Å². The van der Waals surface area contributed by atoms with E-state index < -0.39 is 16.0 Å². The van der Waals surface area contributed by atoms with Crippen LogP contribution < -0.4 is 4.74 Å². The van der Waals surface area contributed by atoms with Crippen LogP contribution in [0, 0.1) is 0 Å². The number of fused-ring (bicyclic) bond motifs is 3. The first-order chi connectivity index (χ1) is 15.4. The third-order valence-electron chi connectivity index (χ3n) is 5.32. The number of furan rings is 1. The van der Waals surface area contributed by atoms with E-state index in [9.17, 15) is 13.2 Å². The van der Waals surface area contributed by atoms with Crippen LogP contribution in [0.5, 0.6) is 5.75 Å². The van der Waals surface area contributed by atoms with Gasteiger partial charge in [-0.1, -0.05) is 29.8 Å². The number of para-hydroxylation sites is 1. The SMILES string of the molecule is O=C(Oc1ccc2oc3ccccc3c2c1)c1cc(S(=O)(=O)N2CCOCC2)ccc1Cl. The van der Waals surface area contributed by atoms with Crippen LogP contribution in [0.15, 0.2) is 70.0 Å². The van der Waals surface area contributed by atoms with Gasteiger partial charge >= 0.3 is 5.97 Å². The molecule has 0 amide bonds. The van der Waals surface area contributed by atoms with Gasteiger partial charge in [0.1, 0.15) is 16.9 Å². The number of nitrogens with zero attached hydrogens (tertiary/aromatic N) is 1. The third kappa shape index (κ3) is 3.75. The summed E-state index contributed by atoms with van der Waals surface area (Å²) < 4.78 is 43.7. The van der Waals surface area contributed by atoms with Crippen molar-refractivity contribution in [2.75, 3.05) is 26.3 Å². The Kier molecular flexibility index (Phi) is 5.38. The molecule has 0 saturated carbocycles. The van der Waals surface area contributed by atoms with Crippen molar-refractivity contribution in [3.05, 3.63) is 71.2 Å². The van der Waals surface area contributed by atoms with Gasteiger partial charge in [0.15, 0.2) is 0 Å². The van der Waals surface area contributed by atoms with Gasteiger partial charge in [0.25, 0.3) is 0 Å². The summed E-state index contributed by atoms with van der Waals surface area (Å²) in [6, 6.07) is 16.6. The number of hydrogen-bond acceptors (Lipinski definition) is 6. The average Bonchev–Trinajstić information content (AvgIpc) is 3.18. The highest BCUT2D eigenvalue weighted by molar-refractivity contribution is 7.89. The first kappa shape index (κ1) is 21.0. The molecule has 1 aliphatic heterocycles. The molecule has 0 bridgehead atoms. The molecule has 1 fully saturated rings. The molecule has 9 heteroatoms. The lowest BCUT2D eigenvalue weighted by atomic mass is 10.1. The van der Waals surface area contributed by atoms with Crippen molar-refractivity contribution in [1.29, 1.82) is 0 Å². The number of esters is 1. The largest absolute Gasteiger partial charge is 0.456 e. The maximum Gasteiger partial charge on any atom is 0.345 e. The van der Waals surface area contributed by atoms with Crippen molar-refractivity contribution in [3.63, 3.8) is 0 Å². The summed E-state index contributed by atoms with van der Waals surface area (Å²) in [5.74, 6) is -0.451. The zero-order chi connectivity index (χ0) is 22.3. The fourth-order valence-electron chi connectivity index (χ4n) is 3.69. The Balaban J connectivity index is 1.45. The summed E-state index contributed by atoms with van der Waals surface area (Å²) in [5.41, 5.74) is 1.37. The Hall–Kier alpha value is -2.91. The van der Waals surface area contributed by atoms with E-state index in [0.29, 0.717) is 24.5 Å². The summed E-state index contributed by atoms with van der Waals surface area (Å²) in [6.07, 6.45) is 0. The molecular weight excluding hydrogens is 454 g/mol. The highest BCUT2D eigenvalue weighted by Crippen LogP contribution is 2.32. The summed E-state index contributed by atoms with van der Waals surface area (Å²) >= 11 is 6.20. The summed E-state index contributed by atoms with van der Waals surface area (Å²) in [5, 5.41) is 1.81. The minimum atomic E-state index is -3.78. The molecule has 0 unspecified atom stereocenters. The van der Waals surface area contributed by atoms with Crippen LogP contribution in [-0.4, -0.2) is 45.0 Å². The van der Waals surface area contributed by atoms with Crippen molar-refractivity contribution in [2.24, 2.45) is 0 Å². The zero-order valence-electron chi connectivity index (χ0n) is 16.8. The lowest BCUT2D eigenvalue weighted by molar-refractivity contribution is 0.0727. The molecule has 0 radical (unpaired) electrons. The summed E-state index contributed by atoms with van der Waals surface area (Å²) in [4.78, 5) is 12.8. The third-order valence-corrected chi connectivity index (χ3v) is 7.55. The first-order valence-electron chi connectivity index (χ1n) is 9.94. The topological polar surface area (TPSA) is 86.0 Å². The van der Waals surface area contributed by atoms with Gasteiger partial charge < -0.3 is 13.9 Å². The van der Waals surface area contributed by atoms with Gasteiger partial charge in [-0.15, -0.1) is 0 Å². The summed E-state index contributed by atoms with van der Waals surface area (Å²) in [6.45, 7) is 1.16. The quantitative estimate of drug-likeness (QED) is 0.322. The van der Waals surface area contributed by atoms with Crippen molar-refractivity contribution < 1.29 is 27.1 Å². The minimum absolute atomic E-state index is 0.0213. The van der Waals surface area contributed by atoms with Gasteiger partial charge in [0.2, 0.25) is 10.0 Å². The highest BCUT2D eigenvalue weighted by Gasteiger charge is 2.28. The second-order valence-corrected chi connectivity index (χ2v) is 9.65. The molecule has 1 aliphatic rings. The molecule has 3 aromatic carbocycles. The van der Waals surface area contributed by atoms with E-state index in [4.69, 9.17) is 25.5 Å². The average molecular weight is 472 g/mol. The van der Waals surface area contributed by atoms with Crippen LogP contribution >= 0.6 is 11.6 Å². The first-order valence-corrected chi connectivity index (χ1v) is 11.8. The predicted octanol–water partition coefficient (Wildman–Crippen LogP) is 4.48. The molecule has 0 N–H and O–H groups in total. The molecule has 5 rings (SSSR count). The molecule has 4 aromatic rings. The Morgan fingerprint density at radius 3 is 2.50 bits per heavy atom. The van der Waals surface area contributed by atoms with Crippen LogP contribution in [0.3, 0.4) is 0 Å². The smallest absolute Gasteiger partial charge is 0.345 e. The number of sulfonamides is 1. The van der Waals surface area contributed by atoms with Gasteiger partial charge in [-0.2, -0.15) is 4.31 Å².